The van der Waals surface area contributed by atoms with Crippen LogP contribution in [0.5, 0.6) is 0 Å². The molecule has 0 bridgehead atoms. The smallest absolute Gasteiger partial charge is 0.170 e. The van der Waals surface area contributed by atoms with Gasteiger partial charge in [0.25, 0.3) is 0 Å². The third kappa shape index (κ3) is 3.05. The fraction of sp³-hybridized carbons (Fsp3) is 0.500. The fourth-order valence-electron chi connectivity index (χ4n) is 1.41. The molecule has 2 aromatic rings. The zero-order chi connectivity index (χ0) is 12.3. The van der Waals surface area contributed by atoms with Gasteiger partial charge < -0.3 is 5.73 Å². The van der Waals surface area contributed by atoms with E-state index in [4.69, 9.17) is 5.73 Å². The van der Waals surface area contributed by atoms with Gasteiger partial charge in [0.2, 0.25) is 0 Å². The SMILES string of the molecule is CCc1nsc(SC(CN)c2cnn(C)c2)n1. The van der Waals surface area contributed by atoms with E-state index in [2.05, 4.69) is 21.4 Å². The van der Waals surface area contributed by atoms with Crippen LogP contribution in [-0.2, 0) is 13.5 Å². The maximum absolute atomic E-state index is 5.80. The zero-order valence-corrected chi connectivity index (χ0v) is 11.5. The molecular weight excluding hydrogens is 254 g/mol. The van der Waals surface area contributed by atoms with E-state index in [9.17, 15) is 0 Å². The van der Waals surface area contributed by atoms with Crippen molar-refractivity contribution in [3.63, 3.8) is 0 Å². The number of nitrogens with zero attached hydrogens (tertiary/aromatic N) is 4. The van der Waals surface area contributed by atoms with Gasteiger partial charge in [0, 0.05) is 31.8 Å². The van der Waals surface area contributed by atoms with Gasteiger partial charge in [-0.3, -0.25) is 4.68 Å². The van der Waals surface area contributed by atoms with E-state index in [-0.39, 0.29) is 5.25 Å². The van der Waals surface area contributed by atoms with Crippen LogP contribution in [0.4, 0.5) is 0 Å². The molecule has 0 aliphatic rings. The predicted octanol–water partition coefficient (Wildman–Crippen LogP) is 1.63. The molecular formula is C10H15N5S2. The lowest BCUT2D eigenvalue weighted by molar-refractivity contribution is 0.766. The molecule has 1 atom stereocenters. The highest BCUT2D eigenvalue weighted by Crippen LogP contribution is 2.34. The van der Waals surface area contributed by atoms with Gasteiger partial charge in [-0.15, -0.1) is 0 Å². The molecule has 1 unspecified atom stereocenters. The minimum atomic E-state index is 0.196. The molecule has 0 fully saturated rings. The molecule has 2 aromatic heterocycles. The van der Waals surface area contributed by atoms with Crippen LogP contribution in [-0.4, -0.2) is 25.7 Å². The first-order valence-electron chi connectivity index (χ1n) is 5.40. The molecule has 0 saturated carbocycles. The van der Waals surface area contributed by atoms with Crippen molar-refractivity contribution in [3.8, 4) is 0 Å². The normalized spacial score (nSPS) is 12.9. The summed E-state index contributed by atoms with van der Waals surface area (Å²) in [6, 6.07) is 0. The highest BCUT2D eigenvalue weighted by Gasteiger charge is 2.15. The molecule has 17 heavy (non-hydrogen) atoms. The average Bonchev–Trinajstić information content (AvgIpc) is 2.94. The second kappa shape index (κ2) is 5.61. The molecule has 2 heterocycles. The van der Waals surface area contributed by atoms with Crippen molar-refractivity contribution in [3.05, 3.63) is 23.8 Å². The Labute approximate surface area is 109 Å². The molecule has 7 heteroatoms. The number of hydrogen-bond acceptors (Lipinski definition) is 6. The summed E-state index contributed by atoms with van der Waals surface area (Å²) in [5, 5.41) is 4.36. The molecule has 0 aliphatic heterocycles. The van der Waals surface area contributed by atoms with Gasteiger partial charge in [0.1, 0.15) is 5.82 Å². The quantitative estimate of drug-likeness (QED) is 0.835. The third-order valence-electron chi connectivity index (χ3n) is 2.32. The Hall–Kier alpha value is -0.920. The lowest BCUT2D eigenvalue weighted by Gasteiger charge is -2.09. The molecule has 0 aliphatic carbocycles. The summed E-state index contributed by atoms with van der Waals surface area (Å²) in [7, 11) is 1.90. The maximum Gasteiger partial charge on any atom is 0.170 e. The monoisotopic (exact) mass is 269 g/mol. The molecule has 92 valence electrons. The molecule has 0 radical (unpaired) electrons. The summed E-state index contributed by atoms with van der Waals surface area (Å²) < 4.78 is 7.03. The van der Waals surface area contributed by atoms with Crippen molar-refractivity contribution >= 4 is 23.3 Å². The number of hydrogen-bond donors (Lipinski definition) is 1. The molecule has 2 rings (SSSR count). The van der Waals surface area contributed by atoms with Crippen LogP contribution in [0.2, 0.25) is 0 Å². The summed E-state index contributed by atoms with van der Waals surface area (Å²) in [4.78, 5) is 4.44. The van der Waals surface area contributed by atoms with Crippen LogP contribution in [0.25, 0.3) is 0 Å². The second-order valence-electron chi connectivity index (χ2n) is 3.62. The Morgan fingerprint density at radius 1 is 1.59 bits per heavy atom. The van der Waals surface area contributed by atoms with E-state index in [0.29, 0.717) is 6.54 Å². The van der Waals surface area contributed by atoms with Gasteiger partial charge in [0.05, 0.1) is 11.4 Å². The van der Waals surface area contributed by atoms with Crippen molar-refractivity contribution < 1.29 is 0 Å². The van der Waals surface area contributed by atoms with E-state index in [1.165, 1.54) is 11.5 Å². The molecule has 5 nitrogen and oxygen atoms in total. The van der Waals surface area contributed by atoms with E-state index in [1.807, 2.05) is 19.4 Å². The minimum absolute atomic E-state index is 0.196. The van der Waals surface area contributed by atoms with E-state index >= 15 is 0 Å². The molecule has 0 aromatic carbocycles. The lowest BCUT2D eigenvalue weighted by Crippen LogP contribution is -2.08. The molecule has 0 saturated heterocycles. The Balaban J connectivity index is 2.09. The summed E-state index contributed by atoms with van der Waals surface area (Å²) in [5.74, 6) is 0.902. The molecule has 2 N–H and O–H groups in total. The van der Waals surface area contributed by atoms with Crippen LogP contribution >= 0.6 is 23.3 Å². The standard InChI is InChI=1S/C10H15N5S2/c1-3-9-13-10(17-14-9)16-8(4-11)7-5-12-15(2)6-7/h5-6,8H,3-4,11H2,1-2H3. The minimum Gasteiger partial charge on any atom is -0.329 e. The zero-order valence-electron chi connectivity index (χ0n) is 9.83. The molecule has 0 amide bonds. The first kappa shape index (κ1) is 12.5. The predicted molar refractivity (Wildman–Crippen MR) is 70.1 cm³/mol. The summed E-state index contributed by atoms with van der Waals surface area (Å²) in [6.45, 7) is 2.62. The van der Waals surface area contributed by atoms with Crippen LogP contribution in [0.1, 0.15) is 23.6 Å². The van der Waals surface area contributed by atoms with Crippen LogP contribution in [0.3, 0.4) is 0 Å². The fourth-order valence-corrected chi connectivity index (χ4v) is 3.30. The van der Waals surface area contributed by atoms with Crippen LogP contribution in [0, 0.1) is 0 Å². The summed E-state index contributed by atoms with van der Waals surface area (Å²) in [6.07, 6.45) is 4.72. The van der Waals surface area contributed by atoms with E-state index in [1.54, 1.807) is 16.4 Å². The van der Waals surface area contributed by atoms with Crippen LogP contribution in [0.15, 0.2) is 16.7 Å². The highest BCUT2D eigenvalue weighted by molar-refractivity contribution is 8.01. The summed E-state index contributed by atoms with van der Waals surface area (Å²) in [5.41, 5.74) is 6.93. The lowest BCUT2D eigenvalue weighted by atomic mass is 10.2. The topological polar surface area (TPSA) is 69.6 Å². The van der Waals surface area contributed by atoms with Gasteiger partial charge in [-0.25, -0.2) is 4.98 Å². The van der Waals surface area contributed by atoms with Crippen LogP contribution < -0.4 is 5.73 Å². The van der Waals surface area contributed by atoms with Crippen molar-refractivity contribution in [2.24, 2.45) is 12.8 Å². The van der Waals surface area contributed by atoms with E-state index in [0.717, 1.165) is 22.1 Å². The Bertz CT molecular complexity index is 479. The Morgan fingerprint density at radius 2 is 2.41 bits per heavy atom. The number of nitrogens with two attached hydrogens (primary N) is 1. The number of aromatic nitrogens is 4. The molecule has 0 spiro atoms. The number of aryl methyl sites for hydroxylation is 2. The van der Waals surface area contributed by atoms with Crippen molar-refractivity contribution in [2.75, 3.05) is 6.54 Å². The largest absolute Gasteiger partial charge is 0.329 e. The van der Waals surface area contributed by atoms with Crippen molar-refractivity contribution in [1.82, 2.24) is 19.1 Å². The number of thioether (sulfide) groups is 1. The van der Waals surface area contributed by atoms with Gasteiger partial charge in [0.15, 0.2) is 4.34 Å². The Kier molecular flexibility index (Phi) is 4.14. The first-order valence-corrected chi connectivity index (χ1v) is 7.06. The van der Waals surface area contributed by atoms with E-state index < -0.39 is 0 Å². The Morgan fingerprint density at radius 3 is 2.94 bits per heavy atom. The highest BCUT2D eigenvalue weighted by atomic mass is 32.2. The summed E-state index contributed by atoms with van der Waals surface area (Å²) >= 11 is 3.10. The first-order chi connectivity index (χ1) is 8.22. The van der Waals surface area contributed by atoms with Gasteiger partial charge in [-0.2, -0.15) is 9.47 Å². The van der Waals surface area contributed by atoms with Gasteiger partial charge >= 0.3 is 0 Å². The van der Waals surface area contributed by atoms with Crippen molar-refractivity contribution in [1.29, 1.82) is 0 Å². The van der Waals surface area contributed by atoms with Crippen molar-refractivity contribution in [2.45, 2.75) is 22.9 Å². The third-order valence-corrected chi connectivity index (χ3v) is 4.42. The average molecular weight is 269 g/mol. The number of rotatable bonds is 5. The maximum atomic E-state index is 5.80. The van der Waals surface area contributed by atoms with Gasteiger partial charge in [-0.05, 0) is 11.5 Å². The second-order valence-corrected chi connectivity index (χ2v) is 5.82. The van der Waals surface area contributed by atoms with Gasteiger partial charge in [-0.1, -0.05) is 18.7 Å².